The van der Waals surface area contributed by atoms with E-state index < -0.39 is 8.07 Å². The molecule has 6 atom stereocenters. The number of aromatic nitrogens is 5. The summed E-state index contributed by atoms with van der Waals surface area (Å²) in [7, 11) is -2.90. The van der Waals surface area contributed by atoms with Gasteiger partial charge in [-0.25, -0.2) is 0 Å². The summed E-state index contributed by atoms with van der Waals surface area (Å²) in [6.07, 6.45) is 10.6. The van der Waals surface area contributed by atoms with Crippen molar-refractivity contribution in [1.82, 2.24) is 24.1 Å². The normalized spacial score (nSPS) is 21.6. The van der Waals surface area contributed by atoms with Crippen molar-refractivity contribution in [2.45, 2.75) is 63.2 Å². The van der Waals surface area contributed by atoms with Gasteiger partial charge in [-0.15, -0.1) is 0 Å². The first-order chi connectivity index (χ1) is 35.2. The Balaban J connectivity index is 1.05. The van der Waals surface area contributed by atoms with Crippen molar-refractivity contribution < 1.29 is 0 Å². The van der Waals surface area contributed by atoms with Crippen molar-refractivity contribution in [3.05, 3.63) is 211 Å². The minimum atomic E-state index is -2.90. The van der Waals surface area contributed by atoms with E-state index in [4.69, 9.17) is 15.0 Å². The average molecular weight is 934 g/mol. The molecule has 6 heteroatoms. The van der Waals surface area contributed by atoms with Gasteiger partial charge in [0.2, 0.25) is 11.9 Å². The lowest BCUT2D eigenvalue weighted by molar-refractivity contribution is 0.413. The Labute approximate surface area is 415 Å². The van der Waals surface area contributed by atoms with Gasteiger partial charge in [0.15, 0.2) is 13.9 Å². The molecule has 71 heavy (non-hydrogen) atoms. The molecule has 4 saturated carbocycles. The molecule has 4 aliphatic rings. The van der Waals surface area contributed by atoms with Crippen LogP contribution in [-0.2, 0) is 0 Å². The predicted molar refractivity (Wildman–Crippen MR) is 294 cm³/mol. The Hall–Kier alpha value is -7.41. The van der Waals surface area contributed by atoms with Crippen molar-refractivity contribution in [3.8, 4) is 23.3 Å². The standard InChI is InChI=1S/C65H55N5Si/c1-4-17-46(18-5-1)71(47-19-6-2-7-20-47,48-21-8-3-9-22-48)49-35-36-53-52-25-12-15-30-60(52)70(61(53)41-49)65-67-63(66-64(68-65)69-58-28-13-10-23-50(58)51-24-11-14-29-59(51)69)62-54(56-39-42-31-33-44(56)37-42)26-16-27-55(62)57-40-43-32-34-45(57)38-43/h1-30,35-36,41-45,56-57H,31-34,37-40H2. The first-order valence-electron chi connectivity index (χ1n) is 26.3. The van der Waals surface area contributed by atoms with Crippen molar-refractivity contribution in [2.24, 2.45) is 23.7 Å². The SMILES string of the molecule is c1ccc([Si](c2ccccc2)(c2ccccc2)c2ccc3c4ccccc4n(-c4nc(-c5c(C6CC7CCC6C7)cccc5C5CC6CCC5C6)nc(-n5c6ccccc6c6ccccc65)n4)c3c2)cc1. The predicted octanol–water partition coefficient (Wildman–Crippen LogP) is 12.9. The lowest BCUT2D eigenvalue weighted by atomic mass is 9.76. The first kappa shape index (κ1) is 41.4. The number of rotatable bonds is 9. The molecule has 8 aromatic carbocycles. The Morgan fingerprint density at radius 3 is 1.21 bits per heavy atom. The Kier molecular flexibility index (Phi) is 9.51. The van der Waals surface area contributed by atoms with E-state index >= 15 is 0 Å². The van der Waals surface area contributed by atoms with Crippen LogP contribution in [0.3, 0.4) is 0 Å². The van der Waals surface area contributed by atoms with Gasteiger partial charge in [-0.3, -0.25) is 9.13 Å². The molecule has 0 radical (unpaired) electrons. The lowest BCUT2D eigenvalue weighted by Gasteiger charge is -2.34. The topological polar surface area (TPSA) is 48.5 Å². The highest BCUT2D eigenvalue weighted by molar-refractivity contribution is 7.20. The molecule has 4 fully saturated rings. The first-order valence-corrected chi connectivity index (χ1v) is 28.3. The molecular weight excluding hydrogens is 879 g/mol. The van der Waals surface area contributed by atoms with E-state index in [-0.39, 0.29) is 0 Å². The van der Waals surface area contributed by atoms with Gasteiger partial charge in [-0.05, 0) is 130 Å². The summed E-state index contributed by atoms with van der Waals surface area (Å²) in [6.45, 7) is 0. The summed E-state index contributed by atoms with van der Waals surface area (Å²) in [6, 6.07) is 74.8. The van der Waals surface area contributed by atoms with Crippen LogP contribution < -0.4 is 20.7 Å². The fraction of sp³-hybridized carbons (Fsp3) is 0.215. The molecule has 4 aliphatic carbocycles. The molecule has 0 aliphatic heterocycles. The smallest absolute Gasteiger partial charge is 0.240 e. The molecule has 5 nitrogen and oxygen atoms in total. The van der Waals surface area contributed by atoms with Gasteiger partial charge in [0, 0.05) is 27.1 Å². The number of nitrogens with zero attached hydrogens (tertiary/aromatic N) is 5. The molecule has 3 heterocycles. The zero-order valence-corrected chi connectivity index (χ0v) is 40.9. The molecule has 3 aromatic heterocycles. The van der Waals surface area contributed by atoms with Crippen molar-refractivity contribution >= 4 is 72.4 Å². The monoisotopic (exact) mass is 933 g/mol. The highest BCUT2D eigenvalue weighted by atomic mass is 28.3. The third-order valence-corrected chi connectivity index (χ3v) is 22.7. The van der Waals surface area contributed by atoms with E-state index in [2.05, 4.69) is 209 Å². The van der Waals surface area contributed by atoms with Crippen LogP contribution >= 0.6 is 0 Å². The molecule has 0 amide bonds. The van der Waals surface area contributed by atoms with E-state index in [0.29, 0.717) is 35.6 Å². The van der Waals surface area contributed by atoms with Gasteiger partial charge >= 0.3 is 0 Å². The number of para-hydroxylation sites is 3. The fourth-order valence-corrected chi connectivity index (χ4v) is 19.8. The summed E-state index contributed by atoms with van der Waals surface area (Å²) in [4.78, 5) is 17.5. The molecule has 6 unspecified atom stereocenters. The maximum atomic E-state index is 5.91. The number of hydrogen-bond donors (Lipinski definition) is 0. The highest BCUT2D eigenvalue weighted by Crippen LogP contribution is 2.58. The fourth-order valence-electron chi connectivity index (χ4n) is 15.0. The molecule has 344 valence electrons. The average Bonchev–Trinajstić information content (AvgIpc) is 4.33. The number of benzene rings is 8. The van der Waals surface area contributed by atoms with Crippen molar-refractivity contribution in [1.29, 1.82) is 0 Å². The Morgan fingerprint density at radius 1 is 0.352 bits per heavy atom. The van der Waals surface area contributed by atoms with E-state index in [0.717, 1.165) is 39.7 Å². The van der Waals surface area contributed by atoms with Crippen LogP contribution in [0.4, 0.5) is 0 Å². The second kappa shape index (κ2) is 16.3. The van der Waals surface area contributed by atoms with Gasteiger partial charge in [-0.1, -0.05) is 189 Å². The molecule has 0 spiro atoms. The minimum Gasteiger partial charge on any atom is -0.278 e. The van der Waals surface area contributed by atoms with Crippen LogP contribution in [0.1, 0.15) is 74.3 Å². The van der Waals surface area contributed by atoms with Crippen LogP contribution in [0.5, 0.6) is 0 Å². The summed E-state index contributed by atoms with van der Waals surface area (Å²) in [5.74, 6) is 6.22. The van der Waals surface area contributed by atoms with Crippen LogP contribution in [0.2, 0.25) is 0 Å². The molecule has 0 saturated heterocycles. The van der Waals surface area contributed by atoms with E-state index in [1.807, 2.05) is 0 Å². The molecular formula is C65H55N5Si. The van der Waals surface area contributed by atoms with Crippen LogP contribution in [0, 0.1) is 23.7 Å². The summed E-state index contributed by atoms with van der Waals surface area (Å²) >= 11 is 0. The molecule has 0 N–H and O–H groups in total. The summed E-state index contributed by atoms with van der Waals surface area (Å²) < 4.78 is 4.70. The molecule has 11 aromatic rings. The molecule has 4 bridgehead atoms. The minimum absolute atomic E-state index is 0.516. The van der Waals surface area contributed by atoms with E-state index in [1.54, 1.807) is 0 Å². The van der Waals surface area contributed by atoms with Gasteiger partial charge < -0.3 is 0 Å². The second-order valence-electron chi connectivity index (χ2n) is 21.4. The van der Waals surface area contributed by atoms with Crippen molar-refractivity contribution in [3.63, 3.8) is 0 Å². The second-order valence-corrected chi connectivity index (χ2v) is 25.2. The van der Waals surface area contributed by atoms with Gasteiger partial charge in [-0.2, -0.15) is 15.0 Å². The highest BCUT2D eigenvalue weighted by Gasteiger charge is 2.45. The summed E-state index contributed by atoms with van der Waals surface area (Å²) in [5.41, 5.74) is 8.61. The maximum absolute atomic E-state index is 5.91. The van der Waals surface area contributed by atoms with Crippen LogP contribution in [-0.4, -0.2) is 32.2 Å². The quantitative estimate of drug-likeness (QED) is 0.107. The van der Waals surface area contributed by atoms with Gasteiger partial charge in [0.25, 0.3) is 0 Å². The Bertz CT molecular complexity index is 3640. The van der Waals surface area contributed by atoms with Crippen molar-refractivity contribution in [2.75, 3.05) is 0 Å². The number of hydrogen-bond acceptors (Lipinski definition) is 3. The van der Waals surface area contributed by atoms with E-state index in [9.17, 15) is 0 Å². The third-order valence-electron chi connectivity index (χ3n) is 17.9. The largest absolute Gasteiger partial charge is 0.278 e. The maximum Gasteiger partial charge on any atom is 0.240 e. The lowest BCUT2D eigenvalue weighted by Crippen LogP contribution is -2.74. The van der Waals surface area contributed by atoms with E-state index in [1.165, 1.54) is 110 Å². The zero-order valence-electron chi connectivity index (χ0n) is 39.9. The van der Waals surface area contributed by atoms with Crippen LogP contribution in [0.25, 0.3) is 66.9 Å². The zero-order chi connectivity index (χ0) is 46.6. The Morgan fingerprint density at radius 2 is 0.775 bits per heavy atom. The third kappa shape index (κ3) is 6.32. The summed E-state index contributed by atoms with van der Waals surface area (Å²) in [5, 5.41) is 10.1. The van der Waals surface area contributed by atoms with Gasteiger partial charge in [0.05, 0.1) is 22.1 Å². The number of fused-ring (bicyclic) bond motifs is 10. The molecule has 15 rings (SSSR count). The van der Waals surface area contributed by atoms with Gasteiger partial charge in [0.1, 0.15) is 0 Å². The van der Waals surface area contributed by atoms with Crippen LogP contribution in [0.15, 0.2) is 200 Å².